The topological polar surface area (TPSA) is 29.5 Å². The van der Waals surface area contributed by atoms with E-state index in [1.54, 1.807) is 6.07 Å². The summed E-state index contributed by atoms with van der Waals surface area (Å²) in [6.45, 7) is 2.06. The van der Waals surface area contributed by atoms with Crippen LogP contribution in [0.5, 0.6) is 11.5 Å². The Morgan fingerprint density at radius 3 is 2.00 bits per heavy atom. The number of ether oxygens (including phenoxy) is 1. The van der Waals surface area contributed by atoms with E-state index in [9.17, 15) is 5.11 Å². The Kier molecular flexibility index (Phi) is 5.28. The first kappa shape index (κ1) is 15.7. The van der Waals surface area contributed by atoms with Crippen molar-refractivity contribution in [1.29, 1.82) is 0 Å². The molecular weight excluding hydrogens is 272 g/mol. The van der Waals surface area contributed by atoms with Gasteiger partial charge in [0.1, 0.15) is 6.10 Å². The Labute approximate surface area is 134 Å². The predicted octanol–water partition coefficient (Wildman–Crippen LogP) is 5.61. The largest absolute Gasteiger partial charge is 0.504 e. The van der Waals surface area contributed by atoms with Crippen LogP contribution in [-0.4, -0.2) is 11.2 Å². The summed E-state index contributed by atoms with van der Waals surface area (Å²) in [4.78, 5) is 0. The van der Waals surface area contributed by atoms with Gasteiger partial charge in [0.2, 0.25) is 0 Å². The molecule has 2 heteroatoms. The van der Waals surface area contributed by atoms with E-state index < -0.39 is 0 Å². The van der Waals surface area contributed by atoms with Crippen molar-refractivity contribution in [3.63, 3.8) is 0 Å². The van der Waals surface area contributed by atoms with Gasteiger partial charge in [-0.15, -0.1) is 0 Å². The molecule has 22 heavy (non-hydrogen) atoms. The molecule has 0 unspecified atom stereocenters. The van der Waals surface area contributed by atoms with Crippen LogP contribution in [0, 0.1) is 18.8 Å². The standard InChI is InChI=1S/C20H30O2/c1-15-12-13-18(21)19(14-15)22-20(16-8-4-2-5-9-16)17-10-6-3-7-11-17/h12-14,16-17,20-21H,2-11H2,1H3. The smallest absolute Gasteiger partial charge is 0.161 e. The molecule has 2 nitrogen and oxygen atoms in total. The third-order valence-electron chi connectivity index (χ3n) is 5.61. The summed E-state index contributed by atoms with van der Waals surface area (Å²) >= 11 is 0. The Hall–Kier alpha value is -1.18. The second-order valence-corrected chi connectivity index (χ2v) is 7.35. The van der Waals surface area contributed by atoms with E-state index in [4.69, 9.17) is 4.74 Å². The van der Waals surface area contributed by atoms with Gasteiger partial charge in [0.05, 0.1) is 0 Å². The SMILES string of the molecule is Cc1ccc(O)c(OC(C2CCCCC2)C2CCCCC2)c1. The Morgan fingerprint density at radius 2 is 1.45 bits per heavy atom. The molecule has 1 aromatic carbocycles. The first-order valence-corrected chi connectivity index (χ1v) is 9.20. The van der Waals surface area contributed by atoms with Crippen LogP contribution in [0.25, 0.3) is 0 Å². The molecule has 1 aromatic rings. The van der Waals surface area contributed by atoms with Crippen LogP contribution >= 0.6 is 0 Å². The van der Waals surface area contributed by atoms with Gasteiger partial charge in [-0.25, -0.2) is 0 Å². The molecule has 1 N–H and O–H groups in total. The van der Waals surface area contributed by atoms with Crippen molar-refractivity contribution in [2.75, 3.05) is 0 Å². The van der Waals surface area contributed by atoms with Gasteiger partial charge < -0.3 is 9.84 Å². The summed E-state index contributed by atoms with van der Waals surface area (Å²) in [5.74, 6) is 2.34. The van der Waals surface area contributed by atoms with E-state index in [-0.39, 0.29) is 0 Å². The van der Waals surface area contributed by atoms with E-state index in [2.05, 4.69) is 6.92 Å². The van der Waals surface area contributed by atoms with Crippen molar-refractivity contribution in [3.8, 4) is 11.5 Å². The lowest BCUT2D eigenvalue weighted by atomic mass is 9.75. The molecular formula is C20H30O2. The summed E-state index contributed by atoms with van der Waals surface area (Å²) in [7, 11) is 0. The zero-order valence-corrected chi connectivity index (χ0v) is 13.9. The minimum absolute atomic E-state index is 0.294. The van der Waals surface area contributed by atoms with Crippen molar-refractivity contribution in [1.82, 2.24) is 0 Å². The molecule has 3 rings (SSSR count). The van der Waals surface area contributed by atoms with Crippen molar-refractivity contribution < 1.29 is 9.84 Å². The Bertz CT molecular complexity index is 453. The highest BCUT2D eigenvalue weighted by Gasteiger charge is 2.33. The van der Waals surface area contributed by atoms with Crippen LogP contribution in [-0.2, 0) is 0 Å². The zero-order chi connectivity index (χ0) is 15.4. The fourth-order valence-electron chi connectivity index (χ4n) is 4.37. The van der Waals surface area contributed by atoms with E-state index in [0.717, 1.165) is 5.56 Å². The van der Waals surface area contributed by atoms with Gasteiger partial charge in [0, 0.05) is 0 Å². The van der Waals surface area contributed by atoms with Crippen molar-refractivity contribution >= 4 is 0 Å². The number of aryl methyl sites for hydroxylation is 1. The Balaban J connectivity index is 1.78. The van der Waals surface area contributed by atoms with Gasteiger partial charge in [0.15, 0.2) is 11.5 Å². The molecule has 0 aromatic heterocycles. The third-order valence-corrected chi connectivity index (χ3v) is 5.61. The van der Waals surface area contributed by atoms with Gasteiger partial charge in [0.25, 0.3) is 0 Å². The molecule has 0 radical (unpaired) electrons. The summed E-state index contributed by atoms with van der Waals surface area (Å²) < 4.78 is 6.46. The van der Waals surface area contributed by atoms with Gasteiger partial charge in [-0.1, -0.05) is 44.6 Å². The lowest BCUT2D eigenvalue weighted by Crippen LogP contribution is -2.37. The van der Waals surface area contributed by atoms with Crippen LogP contribution in [0.15, 0.2) is 18.2 Å². The lowest BCUT2D eigenvalue weighted by Gasteiger charge is -2.38. The van der Waals surface area contributed by atoms with Gasteiger partial charge in [-0.3, -0.25) is 0 Å². The molecule has 2 aliphatic rings. The molecule has 2 aliphatic carbocycles. The zero-order valence-electron chi connectivity index (χ0n) is 13.9. The van der Waals surface area contributed by atoms with Crippen molar-refractivity contribution in [3.05, 3.63) is 23.8 Å². The van der Waals surface area contributed by atoms with E-state index in [0.29, 0.717) is 29.4 Å². The molecule has 0 saturated heterocycles. The number of aromatic hydroxyl groups is 1. The average Bonchev–Trinajstić information content (AvgIpc) is 2.57. The number of hydrogen-bond donors (Lipinski definition) is 1. The monoisotopic (exact) mass is 302 g/mol. The molecule has 2 saturated carbocycles. The fourth-order valence-corrected chi connectivity index (χ4v) is 4.37. The summed E-state index contributed by atoms with van der Waals surface area (Å²) in [5.41, 5.74) is 1.15. The van der Waals surface area contributed by atoms with Gasteiger partial charge in [-0.05, 0) is 62.1 Å². The normalized spacial score (nSPS) is 21.2. The average molecular weight is 302 g/mol. The lowest BCUT2D eigenvalue weighted by molar-refractivity contribution is 0.0370. The van der Waals surface area contributed by atoms with Crippen LogP contribution < -0.4 is 4.74 Å². The van der Waals surface area contributed by atoms with Crippen LogP contribution in [0.4, 0.5) is 0 Å². The molecule has 0 heterocycles. The molecule has 0 spiro atoms. The maximum Gasteiger partial charge on any atom is 0.161 e. The third kappa shape index (κ3) is 3.77. The van der Waals surface area contributed by atoms with E-state index >= 15 is 0 Å². The molecule has 0 amide bonds. The number of rotatable bonds is 4. The number of benzene rings is 1. The predicted molar refractivity (Wildman–Crippen MR) is 90.4 cm³/mol. The van der Waals surface area contributed by atoms with Crippen molar-refractivity contribution in [2.45, 2.75) is 77.2 Å². The second-order valence-electron chi connectivity index (χ2n) is 7.35. The van der Waals surface area contributed by atoms with Crippen LogP contribution in [0.2, 0.25) is 0 Å². The summed E-state index contributed by atoms with van der Waals surface area (Å²) in [6.07, 6.45) is 13.6. The maximum absolute atomic E-state index is 10.2. The molecule has 0 bridgehead atoms. The molecule has 122 valence electrons. The molecule has 0 aliphatic heterocycles. The quantitative estimate of drug-likeness (QED) is 0.783. The fraction of sp³-hybridized carbons (Fsp3) is 0.700. The van der Waals surface area contributed by atoms with Gasteiger partial charge >= 0.3 is 0 Å². The van der Waals surface area contributed by atoms with Crippen LogP contribution in [0.1, 0.15) is 69.8 Å². The first-order valence-electron chi connectivity index (χ1n) is 9.20. The summed E-state index contributed by atoms with van der Waals surface area (Å²) in [6, 6.07) is 5.70. The highest BCUT2D eigenvalue weighted by Crippen LogP contribution is 2.39. The minimum Gasteiger partial charge on any atom is -0.504 e. The van der Waals surface area contributed by atoms with E-state index in [1.807, 2.05) is 12.1 Å². The van der Waals surface area contributed by atoms with E-state index in [1.165, 1.54) is 64.2 Å². The minimum atomic E-state index is 0.294. The Morgan fingerprint density at radius 1 is 0.909 bits per heavy atom. The number of phenols is 1. The van der Waals surface area contributed by atoms with Gasteiger partial charge in [-0.2, -0.15) is 0 Å². The van der Waals surface area contributed by atoms with Crippen molar-refractivity contribution in [2.24, 2.45) is 11.8 Å². The number of hydrogen-bond acceptors (Lipinski definition) is 2. The second kappa shape index (κ2) is 7.39. The molecule has 0 atom stereocenters. The highest BCUT2D eigenvalue weighted by atomic mass is 16.5. The first-order chi connectivity index (χ1) is 10.7. The summed E-state index contributed by atoms with van der Waals surface area (Å²) in [5, 5.41) is 10.2. The molecule has 2 fully saturated rings. The highest BCUT2D eigenvalue weighted by molar-refractivity contribution is 5.41. The number of phenolic OH excluding ortho intramolecular Hbond substituents is 1. The van der Waals surface area contributed by atoms with Crippen LogP contribution in [0.3, 0.4) is 0 Å². The maximum atomic E-state index is 10.2.